The van der Waals surface area contributed by atoms with Gasteiger partial charge in [0, 0.05) is 25.1 Å². The van der Waals surface area contributed by atoms with Crippen LogP contribution < -0.4 is 10.6 Å². The molecule has 1 fully saturated rings. The molecule has 1 saturated heterocycles. The molecule has 106 valence electrons. The van der Waals surface area contributed by atoms with Gasteiger partial charge in [-0.3, -0.25) is 14.9 Å². The van der Waals surface area contributed by atoms with E-state index < -0.39 is 10.9 Å². The van der Waals surface area contributed by atoms with Crippen molar-refractivity contribution in [3.8, 4) is 0 Å². The molecule has 1 aromatic heterocycles. The second-order valence-electron chi connectivity index (χ2n) is 4.34. The Morgan fingerprint density at radius 3 is 2.90 bits per heavy atom. The number of carbonyl (C=O) groups excluding carboxylic acids is 1. The van der Waals surface area contributed by atoms with Crippen LogP contribution >= 0.6 is 0 Å². The summed E-state index contributed by atoms with van der Waals surface area (Å²) in [5, 5.41) is 25.2. The molecule has 2 rings (SSSR count). The van der Waals surface area contributed by atoms with Gasteiger partial charge in [0.2, 0.25) is 5.91 Å². The number of aromatic carboxylic acids is 1. The van der Waals surface area contributed by atoms with Crippen LogP contribution in [0.3, 0.4) is 0 Å². The number of amides is 1. The molecule has 2 heterocycles. The number of carboxylic acid groups (broad SMARTS) is 1. The van der Waals surface area contributed by atoms with Gasteiger partial charge < -0.3 is 15.7 Å². The number of carboxylic acids is 1. The Hall–Kier alpha value is -2.71. The van der Waals surface area contributed by atoms with E-state index in [9.17, 15) is 19.7 Å². The van der Waals surface area contributed by atoms with Crippen LogP contribution in [-0.4, -0.2) is 39.5 Å². The summed E-state index contributed by atoms with van der Waals surface area (Å²) < 4.78 is 0. The minimum atomic E-state index is -1.30. The highest BCUT2D eigenvalue weighted by Crippen LogP contribution is 2.21. The van der Waals surface area contributed by atoms with E-state index in [1.165, 1.54) is 0 Å². The Labute approximate surface area is 113 Å². The molecule has 1 unspecified atom stereocenters. The lowest BCUT2D eigenvalue weighted by atomic mass is 10.1. The zero-order valence-electron chi connectivity index (χ0n) is 10.3. The number of rotatable bonds is 4. The fourth-order valence-electron chi connectivity index (χ4n) is 1.88. The lowest BCUT2D eigenvalue weighted by molar-refractivity contribution is -0.385. The highest BCUT2D eigenvalue weighted by Gasteiger charge is 2.22. The van der Waals surface area contributed by atoms with Gasteiger partial charge in [-0.25, -0.2) is 9.78 Å². The highest BCUT2D eigenvalue weighted by atomic mass is 16.6. The highest BCUT2D eigenvalue weighted by molar-refractivity contribution is 5.93. The number of nitro groups is 1. The molecular formula is C11H12N4O5. The lowest BCUT2D eigenvalue weighted by Crippen LogP contribution is -2.42. The van der Waals surface area contributed by atoms with Crippen molar-refractivity contribution in [2.75, 3.05) is 11.9 Å². The zero-order valence-corrected chi connectivity index (χ0v) is 10.3. The smallest absolute Gasteiger partial charge is 0.339 e. The van der Waals surface area contributed by atoms with Gasteiger partial charge in [0.1, 0.15) is 17.6 Å². The molecule has 0 saturated carbocycles. The number of nitrogens with one attached hydrogen (secondary N) is 2. The van der Waals surface area contributed by atoms with E-state index in [1.807, 2.05) is 0 Å². The summed E-state index contributed by atoms with van der Waals surface area (Å²) in [4.78, 5) is 35.9. The second kappa shape index (κ2) is 5.51. The average molecular weight is 280 g/mol. The molecule has 1 atom stereocenters. The predicted octanol–water partition coefficient (Wildman–Crippen LogP) is 0.378. The van der Waals surface area contributed by atoms with Gasteiger partial charge in [-0.2, -0.15) is 0 Å². The molecule has 9 heteroatoms. The Bertz CT molecular complexity index is 564. The first kappa shape index (κ1) is 13.7. The molecular weight excluding hydrogens is 268 g/mol. The molecule has 9 nitrogen and oxygen atoms in total. The van der Waals surface area contributed by atoms with Crippen molar-refractivity contribution in [3.05, 3.63) is 27.9 Å². The van der Waals surface area contributed by atoms with Crippen molar-refractivity contribution in [2.45, 2.75) is 18.9 Å². The Morgan fingerprint density at radius 1 is 1.60 bits per heavy atom. The first-order valence-corrected chi connectivity index (χ1v) is 5.88. The maximum absolute atomic E-state index is 11.1. The van der Waals surface area contributed by atoms with Crippen LogP contribution in [0.25, 0.3) is 0 Å². The number of carbonyl (C=O) groups is 2. The molecule has 0 radical (unpaired) electrons. The number of hydrogen-bond donors (Lipinski definition) is 3. The number of pyridine rings is 1. The van der Waals surface area contributed by atoms with Crippen molar-refractivity contribution in [1.82, 2.24) is 10.3 Å². The normalized spacial score (nSPS) is 18.2. The summed E-state index contributed by atoms with van der Waals surface area (Å²) in [5.41, 5.74) is -0.652. The van der Waals surface area contributed by atoms with Crippen LogP contribution in [0.5, 0.6) is 0 Å². The predicted molar refractivity (Wildman–Crippen MR) is 67.5 cm³/mol. The summed E-state index contributed by atoms with van der Waals surface area (Å²) >= 11 is 0. The number of piperidine rings is 1. The maximum Gasteiger partial charge on any atom is 0.339 e. The number of aromatic nitrogens is 1. The molecule has 20 heavy (non-hydrogen) atoms. The van der Waals surface area contributed by atoms with E-state index in [1.54, 1.807) is 0 Å². The third-order valence-corrected chi connectivity index (χ3v) is 2.92. The first-order chi connectivity index (χ1) is 9.47. The molecule has 1 amide bonds. The Kier molecular flexibility index (Phi) is 3.78. The van der Waals surface area contributed by atoms with Gasteiger partial charge in [0.05, 0.1) is 4.92 Å². The van der Waals surface area contributed by atoms with E-state index in [4.69, 9.17) is 5.11 Å². The summed E-state index contributed by atoms with van der Waals surface area (Å²) in [5.74, 6) is -1.30. The molecule has 1 aromatic rings. The number of hydrogen-bond acceptors (Lipinski definition) is 6. The molecule has 0 bridgehead atoms. The Morgan fingerprint density at radius 2 is 2.35 bits per heavy atom. The van der Waals surface area contributed by atoms with Crippen LogP contribution in [0, 0.1) is 10.1 Å². The molecule has 3 N–H and O–H groups in total. The van der Waals surface area contributed by atoms with E-state index in [0.717, 1.165) is 12.3 Å². The van der Waals surface area contributed by atoms with E-state index in [0.29, 0.717) is 19.4 Å². The quantitative estimate of drug-likeness (QED) is 0.536. The van der Waals surface area contributed by atoms with Gasteiger partial charge in [0.15, 0.2) is 0 Å². The van der Waals surface area contributed by atoms with E-state index >= 15 is 0 Å². The van der Waals surface area contributed by atoms with Gasteiger partial charge >= 0.3 is 5.97 Å². The van der Waals surface area contributed by atoms with Gasteiger partial charge in [-0.05, 0) is 6.42 Å². The van der Waals surface area contributed by atoms with Gasteiger partial charge in [-0.15, -0.1) is 0 Å². The van der Waals surface area contributed by atoms with Crippen LogP contribution in [0.2, 0.25) is 0 Å². The SMILES string of the molecule is O=C1CCC(Nc2ncc([N+](=O)[O-])cc2C(=O)O)CN1. The minimum absolute atomic E-state index is 0.0573. The topological polar surface area (TPSA) is 134 Å². The zero-order chi connectivity index (χ0) is 14.7. The molecule has 0 spiro atoms. The van der Waals surface area contributed by atoms with Crippen LogP contribution in [-0.2, 0) is 4.79 Å². The average Bonchev–Trinajstić information content (AvgIpc) is 2.41. The molecule has 0 aliphatic carbocycles. The van der Waals surface area contributed by atoms with Crippen LogP contribution in [0.4, 0.5) is 11.5 Å². The third kappa shape index (κ3) is 2.99. The van der Waals surface area contributed by atoms with Crippen LogP contribution in [0.1, 0.15) is 23.2 Å². The summed E-state index contributed by atoms with van der Waals surface area (Å²) in [6.07, 6.45) is 1.88. The van der Waals surface area contributed by atoms with Crippen LogP contribution in [0.15, 0.2) is 12.3 Å². The minimum Gasteiger partial charge on any atom is -0.478 e. The van der Waals surface area contributed by atoms with E-state index in [-0.39, 0.29) is 29.0 Å². The van der Waals surface area contributed by atoms with Gasteiger partial charge in [0.25, 0.3) is 5.69 Å². The van der Waals surface area contributed by atoms with Crippen molar-refractivity contribution < 1.29 is 19.6 Å². The number of anilines is 1. The van der Waals surface area contributed by atoms with E-state index in [2.05, 4.69) is 15.6 Å². The first-order valence-electron chi connectivity index (χ1n) is 5.88. The lowest BCUT2D eigenvalue weighted by Gasteiger charge is -2.24. The fourth-order valence-corrected chi connectivity index (χ4v) is 1.88. The third-order valence-electron chi connectivity index (χ3n) is 2.92. The monoisotopic (exact) mass is 280 g/mol. The summed E-state index contributed by atoms with van der Waals surface area (Å²) in [6, 6.07) is 0.804. The second-order valence-corrected chi connectivity index (χ2v) is 4.34. The summed E-state index contributed by atoms with van der Waals surface area (Å²) in [7, 11) is 0. The van der Waals surface area contributed by atoms with Crippen molar-refractivity contribution in [2.24, 2.45) is 0 Å². The maximum atomic E-state index is 11.1. The number of nitrogens with zero attached hydrogens (tertiary/aromatic N) is 2. The van der Waals surface area contributed by atoms with Crippen molar-refractivity contribution >= 4 is 23.4 Å². The molecule has 1 aliphatic rings. The standard InChI is InChI=1S/C11H12N4O5/c16-9-2-1-6(4-12-9)14-10-8(11(17)18)3-7(5-13-10)15(19)20/h3,5-6H,1-2,4H2,(H,12,16)(H,13,14)(H,17,18). The van der Waals surface area contributed by atoms with Crippen molar-refractivity contribution in [1.29, 1.82) is 0 Å². The summed E-state index contributed by atoms with van der Waals surface area (Å²) in [6.45, 7) is 0.358. The molecule has 0 aromatic carbocycles. The van der Waals surface area contributed by atoms with Crippen molar-refractivity contribution in [3.63, 3.8) is 0 Å². The fraction of sp³-hybridized carbons (Fsp3) is 0.364. The van der Waals surface area contributed by atoms with Gasteiger partial charge in [-0.1, -0.05) is 0 Å². The Balaban J connectivity index is 2.20. The largest absolute Gasteiger partial charge is 0.478 e. The molecule has 1 aliphatic heterocycles.